The van der Waals surface area contributed by atoms with Gasteiger partial charge in [-0.05, 0) is 37.5 Å². The minimum absolute atomic E-state index is 0.0622. The molecule has 3 fully saturated rings. The third-order valence-corrected chi connectivity index (χ3v) is 3.63. The average molecular weight is 184 g/mol. The molecule has 0 aromatic carbocycles. The first-order valence-corrected chi connectivity index (χ1v) is 4.98. The number of methoxy groups -OCH3 is 1. The summed E-state index contributed by atoms with van der Waals surface area (Å²) in [6, 6.07) is 0. The molecule has 3 heteroatoms. The molecular formula is C10H16O3. The van der Waals surface area contributed by atoms with Gasteiger partial charge in [0.25, 0.3) is 0 Å². The smallest absolute Gasteiger partial charge is 0.308 e. The molecule has 0 aromatic heterocycles. The lowest BCUT2D eigenvalue weighted by atomic mass is 9.63. The zero-order valence-electron chi connectivity index (χ0n) is 7.90. The zero-order valence-corrected chi connectivity index (χ0v) is 7.90. The van der Waals surface area contributed by atoms with Gasteiger partial charge in [0.15, 0.2) is 0 Å². The SMILES string of the molecule is COC(=O)[C@@H]1C[C@H]2CC[C@H]1C[C@H]2O. The highest BCUT2D eigenvalue weighted by Gasteiger charge is 2.44. The highest BCUT2D eigenvalue weighted by Crippen LogP contribution is 2.45. The van der Waals surface area contributed by atoms with Gasteiger partial charge in [-0.15, -0.1) is 0 Å². The van der Waals surface area contributed by atoms with Gasteiger partial charge in [0.1, 0.15) is 0 Å². The molecule has 0 spiro atoms. The molecule has 0 unspecified atom stereocenters. The van der Waals surface area contributed by atoms with Crippen LogP contribution in [0.15, 0.2) is 0 Å². The Morgan fingerprint density at radius 3 is 2.46 bits per heavy atom. The Bertz CT molecular complexity index is 214. The number of aliphatic hydroxyl groups is 1. The van der Waals surface area contributed by atoms with Crippen molar-refractivity contribution >= 4 is 5.97 Å². The van der Waals surface area contributed by atoms with E-state index in [4.69, 9.17) is 4.74 Å². The maximum Gasteiger partial charge on any atom is 0.308 e. The minimum Gasteiger partial charge on any atom is -0.469 e. The van der Waals surface area contributed by atoms with Crippen LogP contribution in [0.25, 0.3) is 0 Å². The highest BCUT2D eigenvalue weighted by molar-refractivity contribution is 5.73. The summed E-state index contributed by atoms with van der Waals surface area (Å²) in [6.45, 7) is 0. The molecule has 13 heavy (non-hydrogen) atoms. The average Bonchev–Trinajstić information content (AvgIpc) is 2.17. The fourth-order valence-electron chi connectivity index (χ4n) is 2.84. The van der Waals surface area contributed by atoms with Crippen molar-refractivity contribution in [1.82, 2.24) is 0 Å². The van der Waals surface area contributed by atoms with Gasteiger partial charge in [-0.1, -0.05) is 0 Å². The van der Waals surface area contributed by atoms with Gasteiger partial charge in [0.05, 0.1) is 19.1 Å². The van der Waals surface area contributed by atoms with Gasteiger partial charge >= 0.3 is 5.97 Å². The number of carbonyl (C=O) groups excluding carboxylic acids is 1. The number of ether oxygens (including phenoxy) is 1. The van der Waals surface area contributed by atoms with Crippen LogP contribution in [0.4, 0.5) is 0 Å². The predicted molar refractivity (Wildman–Crippen MR) is 47.0 cm³/mol. The predicted octanol–water partition coefficient (Wildman–Crippen LogP) is 0.956. The number of fused-ring (bicyclic) bond motifs is 3. The number of hydrogen-bond acceptors (Lipinski definition) is 3. The lowest BCUT2D eigenvalue weighted by Crippen LogP contribution is -2.43. The van der Waals surface area contributed by atoms with Gasteiger partial charge in [-0.25, -0.2) is 0 Å². The van der Waals surface area contributed by atoms with Crippen LogP contribution < -0.4 is 0 Å². The van der Waals surface area contributed by atoms with E-state index in [0.717, 1.165) is 25.7 Å². The Hall–Kier alpha value is -0.570. The van der Waals surface area contributed by atoms with Gasteiger partial charge in [-0.3, -0.25) is 4.79 Å². The second-order valence-electron chi connectivity index (χ2n) is 4.27. The van der Waals surface area contributed by atoms with Gasteiger partial charge in [0.2, 0.25) is 0 Å². The topological polar surface area (TPSA) is 46.5 Å². The van der Waals surface area contributed by atoms with E-state index in [2.05, 4.69) is 0 Å². The third-order valence-electron chi connectivity index (χ3n) is 3.63. The fourth-order valence-corrected chi connectivity index (χ4v) is 2.84. The first-order valence-electron chi connectivity index (χ1n) is 4.98. The third kappa shape index (κ3) is 1.46. The summed E-state index contributed by atoms with van der Waals surface area (Å²) in [5.74, 6) is 0.690. The van der Waals surface area contributed by atoms with Crippen LogP contribution in [0.3, 0.4) is 0 Å². The molecule has 0 amide bonds. The van der Waals surface area contributed by atoms with Crippen molar-refractivity contribution in [3.8, 4) is 0 Å². The van der Waals surface area contributed by atoms with E-state index >= 15 is 0 Å². The highest BCUT2D eigenvalue weighted by atomic mass is 16.5. The van der Waals surface area contributed by atoms with Crippen molar-refractivity contribution in [2.45, 2.75) is 31.8 Å². The molecule has 0 saturated heterocycles. The summed E-state index contributed by atoms with van der Waals surface area (Å²) in [7, 11) is 1.45. The standard InChI is InChI=1S/C10H16O3/c1-13-10(12)8-4-7-3-2-6(8)5-9(7)11/h6-9,11H,2-5H2,1H3/t6-,7+,8+,9+/m0/s1. The van der Waals surface area contributed by atoms with Crippen molar-refractivity contribution in [3.63, 3.8) is 0 Å². The number of rotatable bonds is 1. The summed E-state index contributed by atoms with van der Waals surface area (Å²) >= 11 is 0. The van der Waals surface area contributed by atoms with Crippen LogP contribution >= 0.6 is 0 Å². The number of aliphatic hydroxyl groups excluding tert-OH is 1. The Morgan fingerprint density at radius 1 is 1.31 bits per heavy atom. The molecule has 1 N–H and O–H groups in total. The van der Waals surface area contributed by atoms with Gasteiger partial charge in [0, 0.05) is 0 Å². The molecule has 0 heterocycles. The van der Waals surface area contributed by atoms with Gasteiger partial charge in [-0.2, -0.15) is 0 Å². The summed E-state index contributed by atoms with van der Waals surface area (Å²) in [5.41, 5.74) is 0. The fraction of sp³-hybridized carbons (Fsp3) is 0.900. The number of esters is 1. The van der Waals surface area contributed by atoms with Crippen LogP contribution in [0.5, 0.6) is 0 Å². The molecule has 3 saturated carbocycles. The lowest BCUT2D eigenvalue weighted by Gasteiger charge is -2.43. The molecule has 0 aliphatic heterocycles. The van der Waals surface area contributed by atoms with E-state index in [1.165, 1.54) is 7.11 Å². The maximum atomic E-state index is 11.4. The van der Waals surface area contributed by atoms with Crippen LogP contribution in [0, 0.1) is 17.8 Å². The van der Waals surface area contributed by atoms with Crippen LogP contribution in [-0.4, -0.2) is 24.3 Å². The molecule has 3 aliphatic carbocycles. The van der Waals surface area contributed by atoms with E-state index in [1.54, 1.807) is 0 Å². The molecule has 0 radical (unpaired) electrons. The molecule has 0 aromatic rings. The Kier molecular flexibility index (Phi) is 2.28. The van der Waals surface area contributed by atoms with Crippen LogP contribution in [-0.2, 0) is 9.53 Å². The van der Waals surface area contributed by atoms with E-state index < -0.39 is 0 Å². The molecule has 3 rings (SSSR count). The Labute approximate surface area is 78.1 Å². The van der Waals surface area contributed by atoms with E-state index in [0.29, 0.717) is 11.8 Å². The summed E-state index contributed by atoms with van der Waals surface area (Å²) in [5, 5.41) is 9.62. The Balaban J connectivity index is 2.06. The number of hydrogen-bond donors (Lipinski definition) is 1. The number of carbonyl (C=O) groups is 1. The van der Waals surface area contributed by atoms with Gasteiger partial charge < -0.3 is 9.84 Å². The second-order valence-corrected chi connectivity index (χ2v) is 4.27. The van der Waals surface area contributed by atoms with Crippen molar-refractivity contribution in [1.29, 1.82) is 0 Å². The first kappa shape index (κ1) is 9.00. The lowest BCUT2D eigenvalue weighted by molar-refractivity contribution is -0.154. The summed E-state index contributed by atoms with van der Waals surface area (Å²) in [6.07, 6.45) is 3.63. The normalized spacial score (nSPS) is 43.2. The van der Waals surface area contributed by atoms with Crippen molar-refractivity contribution in [2.24, 2.45) is 17.8 Å². The maximum absolute atomic E-state index is 11.4. The van der Waals surface area contributed by atoms with Crippen molar-refractivity contribution in [2.75, 3.05) is 7.11 Å². The van der Waals surface area contributed by atoms with Crippen molar-refractivity contribution < 1.29 is 14.6 Å². The van der Waals surface area contributed by atoms with Crippen LogP contribution in [0.1, 0.15) is 25.7 Å². The quantitative estimate of drug-likeness (QED) is 0.617. The molecule has 3 aliphatic rings. The van der Waals surface area contributed by atoms with E-state index in [-0.39, 0.29) is 18.0 Å². The molecule has 4 atom stereocenters. The van der Waals surface area contributed by atoms with E-state index in [1.807, 2.05) is 0 Å². The Morgan fingerprint density at radius 2 is 2.00 bits per heavy atom. The summed E-state index contributed by atoms with van der Waals surface area (Å²) < 4.78 is 4.76. The summed E-state index contributed by atoms with van der Waals surface area (Å²) in [4.78, 5) is 11.4. The second kappa shape index (κ2) is 3.29. The largest absolute Gasteiger partial charge is 0.469 e. The molecule has 2 bridgehead atoms. The van der Waals surface area contributed by atoms with E-state index in [9.17, 15) is 9.90 Å². The van der Waals surface area contributed by atoms with Crippen LogP contribution in [0.2, 0.25) is 0 Å². The first-order chi connectivity index (χ1) is 6.22. The molecular weight excluding hydrogens is 168 g/mol. The molecule has 74 valence electrons. The van der Waals surface area contributed by atoms with Crippen molar-refractivity contribution in [3.05, 3.63) is 0 Å². The molecule has 3 nitrogen and oxygen atoms in total. The monoisotopic (exact) mass is 184 g/mol. The minimum atomic E-state index is -0.167. The zero-order chi connectivity index (χ0) is 9.42.